The number of nitrogens with one attached hydrogen (secondary N) is 1. The van der Waals surface area contributed by atoms with E-state index < -0.39 is 8.25 Å². The van der Waals surface area contributed by atoms with Crippen molar-refractivity contribution >= 4 is 30.1 Å². The molecule has 0 aliphatic carbocycles. The van der Waals surface area contributed by atoms with E-state index in [4.69, 9.17) is 4.89 Å². The first-order chi connectivity index (χ1) is 7.09. The minimum Gasteiger partial charge on any atom is -0.325 e. The van der Waals surface area contributed by atoms with Gasteiger partial charge in [0.2, 0.25) is 0 Å². The summed E-state index contributed by atoms with van der Waals surface area (Å²) in [4.78, 5) is 19.7. The molecular weight excluding hydrogens is 285 g/mol. The maximum atomic E-state index is 11.4. The lowest BCUT2D eigenvalue weighted by atomic mass is 10.2. The lowest BCUT2D eigenvalue weighted by Crippen LogP contribution is -2.24. The molecule has 7 heteroatoms. The van der Waals surface area contributed by atoms with Crippen LogP contribution in [-0.4, -0.2) is 17.5 Å². The largest absolute Gasteiger partial charge is 0.696 e. The number of hydrogen-bond donors (Lipinski definition) is 2. The van der Waals surface area contributed by atoms with Gasteiger partial charge < -0.3 is 5.32 Å². The molecule has 0 bridgehead atoms. The number of amides is 1. The molecule has 1 unspecified atom stereocenters. The van der Waals surface area contributed by atoms with Crippen molar-refractivity contribution in [3.05, 3.63) is 34.3 Å². The highest BCUT2D eigenvalue weighted by Gasteiger charge is 2.12. The van der Waals surface area contributed by atoms with Gasteiger partial charge in [-0.15, -0.1) is 4.89 Å². The summed E-state index contributed by atoms with van der Waals surface area (Å²) in [5.74, 6) is -0.362. The second kappa shape index (κ2) is 5.92. The molecule has 0 aliphatic heterocycles. The summed E-state index contributed by atoms with van der Waals surface area (Å²) in [5, 5.41) is 2.33. The monoisotopic (exact) mass is 292 g/mol. The van der Waals surface area contributed by atoms with Crippen LogP contribution in [0.25, 0.3) is 0 Å². The average Bonchev–Trinajstić information content (AvgIpc) is 2.18. The first-order valence-corrected chi connectivity index (χ1v) is 5.85. The van der Waals surface area contributed by atoms with Crippen LogP contribution < -0.4 is 5.32 Å². The Balaban J connectivity index is 2.47. The highest BCUT2D eigenvalue weighted by Crippen LogP contribution is 2.13. The van der Waals surface area contributed by atoms with Crippen LogP contribution >= 0.6 is 24.2 Å². The van der Waals surface area contributed by atoms with E-state index in [-0.39, 0.29) is 12.6 Å². The first-order valence-electron chi connectivity index (χ1n) is 3.92. The summed E-state index contributed by atoms with van der Waals surface area (Å²) in [7, 11) is -2.68. The van der Waals surface area contributed by atoms with E-state index in [1.165, 1.54) is 0 Å². The molecule has 1 amide bonds. The Morgan fingerprint density at radius 2 is 2.07 bits per heavy atom. The second-order valence-corrected chi connectivity index (χ2v) is 4.17. The lowest BCUT2D eigenvalue weighted by Gasteiger charge is -2.00. The summed E-state index contributed by atoms with van der Waals surface area (Å²) in [6.45, 7) is -0.291. The smallest absolute Gasteiger partial charge is 0.325 e. The van der Waals surface area contributed by atoms with Crippen molar-refractivity contribution in [2.45, 2.75) is 0 Å². The van der Waals surface area contributed by atoms with Gasteiger partial charge in [0.15, 0.2) is 6.73 Å². The predicted octanol–water partition coefficient (Wildman–Crippen LogP) is 1.80. The summed E-state index contributed by atoms with van der Waals surface area (Å²) >= 11 is 3.24. The molecule has 5 nitrogen and oxygen atoms in total. The molecule has 0 radical (unpaired) electrons. The molecule has 1 aromatic rings. The Morgan fingerprint density at radius 1 is 1.47 bits per heavy atom. The Morgan fingerprint density at radius 3 is 2.60 bits per heavy atom. The highest BCUT2D eigenvalue weighted by molar-refractivity contribution is 9.10. The third-order valence-corrected chi connectivity index (χ3v) is 2.39. The summed E-state index contributed by atoms with van der Waals surface area (Å²) in [6, 6.07) is 6.70. The standard InChI is InChI=1S/C8H7BrNO4P/c9-7-3-1-6(2-4-7)8(11)10-5-14-15(12)13/h1-4H,5H2,(H-,10,11,12,13)/p+1. The highest BCUT2D eigenvalue weighted by atomic mass is 79.9. The lowest BCUT2D eigenvalue weighted by molar-refractivity contribution is 0.0918. The molecule has 0 aliphatic rings. The van der Waals surface area contributed by atoms with Crippen LogP contribution in [0.2, 0.25) is 0 Å². The molecule has 80 valence electrons. The van der Waals surface area contributed by atoms with E-state index in [2.05, 4.69) is 25.8 Å². The van der Waals surface area contributed by atoms with Gasteiger partial charge in [-0.05, 0) is 24.3 Å². The molecule has 2 N–H and O–H groups in total. The van der Waals surface area contributed by atoms with Crippen molar-refractivity contribution in [2.75, 3.05) is 6.73 Å². The quantitative estimate of drug-likeness (QED) is 0.655. The maximum absolute atomic E-state index is 11.4. The Kier molecular flexibility index (Phi) is 4.84. The van der Waals surface area contributed by atoms with Crippen LogP contribution in [0.4, 0.5) is 0 Å². The summed E-state index contributed by atoms with van der Waals surface area (Å²) < 4.78 is 15.3. The Hall–Kier alpha value is -0.810. The SMILES string of the molecule is O=C(NCO[P+](=O)O)c1ccc(Br)cc1. The summed E-state index contributed by atoms with van der Waals surface area (Å²) in [5.41, 5.74) is 0.454. The number of halogens is 1. The van der Waals surface area contributed by atoms with Crippen LogP contribution in [-0.2, 0) is 9.09 Å². The van der Waals surface area contributed by atoms with Crippen molar-refractivity contribution in [2.24, 2.45) is 0 Å². The zero-order valence-corrected chi connectivity index (χ0v) is 9.99. The maximum Gasteiger partial charge on any atom is 0.696 e. The topological polar surface area (TPSA) is 75.6 Å². The second-order valence-electron chi connectivity index (χ2n) is 2.52. The zero-order valence-electron chi connectivity index (χ0n) is 7.51. The fraction of sp³-hybridized carbons (Fsp3) is 0.125. The van der Waals surface area contributed by atoms with Crippen LogP contribution in [0.3, 0.4) is 0 Å². The van der Waals surface area contributed by atoms with E-state index in [0.29, 0.717) is 5.56 Å². The normalized spacial score (nSPS) is 10.9. The van der Waals surface area contributed by atoms with Gasteiger partial charge in [-0.3, -0.25) is 4.79 Å². The predicted molar refractivity (Wildman–Crippen MR) is 57.4 cm³/mol. The van der Waals surface area contributed by atoms with E-state index in [1.54, 1.807) is 24.3 Å². The minimum absolute atomic E-state index is 0.291. The average molecular weight is 293 g/mol. The number of carbonyl (C=O) groups is 1. The molecular formula is C8H8BrNO4P+. The van der Waals surface area contributed by atoms with Gasteiger partial charge in [0.25, 0.3) is 5.91 Å². The van der Waals surface area contributed by atoms with Crippen molar-refractivity contribution in [3.63, 3.8) is 0 Å². The van der Waals surface area contributed by atoms with E-state index >= 15 is 0 Å². The number of benzene rings is 1. The fourth-order valence-electron chi connectivity index (χ4n) is 0.856. The van der Waals surface area contributed by atoms with Crippen molar-refractivity contribution in [1.29, 1.82) is 0 Å². The molecule has 1 rings (SSSR count). The molecule has 15 heavy (non-hydrogen) atoms. The minimum atomic E-state index is -2.68. The van der Waals surface area contributed by atoms with Gasteiger partial charge >= 0.3 is 8.25 Å². The van der Waals surface area contributed by atoms with Gasteiger partial charge in [-0.2, -0.15) is 0 Å². The van der Waals surface area contributed by atoms with E-state index in [0.717, 1.165) is 4.47 Å². The van der Waals surface area contributed by atoms with Gasteiger partial charge in [0, 0.05) is 14.6 Å². The first kappa shape index (κ1) is 12.3. The zero-order chi connectivity index (χ0) is 11.3. The molecule has 0 saturated heterocycles. The van der Waals surface area contributed by atoms with E-state index in [9.17, 15) is 9.36 Å². The molecule has 0 saturated carbocycles. The van der Waals surface area contributed by atoms with Gasteiger partial charge in [0.05, 0.1) is 0 Å². The molecule has 0 heterocycles. The van der Waals surface area contributed by atoms with Crippen molar-refractivity contribution in [3.8, 4) is 0 Å². The van der Waals surface area contributed by atoms with Crippen LogP contribution in [0, 0.1) is 0 Å². The third kappa shape index (κ3) is 4.48. The molecule has 0 spiro atoms. The number of carbonyl (C=O) groups excluding carboxylic acids is 1. The van der Waals surface area contributed by atoms with Crippen molar-refractivity contribution < 1.29 is 18.8 Å². The third-order valence-electron chi connectivity index (χ3n) is 1.51. The van der Waals surface area contributed by atoms with Gasteiger partial charge in [-0.25, -0.2) is 0 Å². The van der Waals surface area contributed by atoms with Crippen molar-refractivity contribution in [1.82, 2.24) is 5.32 Å². The number of hydrogen-bond acceptors (Lipinski definition) is 3. The van der Waals surface area contributed by atoms with Gasteiger partial charge in [0.1, 0.15) is 0 Å². The van der Waals surface area contributed by atoms with E-state index in [1.807, 2.05) is 0 Å². The van der Waals surface area contributed by atoms with Crippen LogP contribution in [0.1, 0.15) is 10.4 Å². The van der Waals surface area contributed by atoms with Gasteiger partial charge in [-0.1, -0.05) is 20.5 Å². The fourth-order valence-corrected chi connectivity index (χ4v) is 1.30. The number of rotatable bonds is 4. The molecule has 1 atom stereocenters. The Bertz CT molecular complexity index is 367. The molecule has 0 aromatic heterocycles. The molecule has 1 aromatic carbocycles. The summed E-state index contributed by atoms with van der Waals surface area (Å²) in [6.07, 6.45) is 0. The molecule has 0 fully saturated rings. The van der Waals surface area contributed by atoms with Crippen LogP contribution in [0.15, 0.2) is 28.7 Å². The Labute approximate surface area is 95.5 Å². The van der Waals surface area contributed by atoms with Crippen LogP contribution in [0.5, 0.6) is 0 Å².